The Morgan fingerprint density at radius 2 is 1.92 bits per heavy atom. The van der Waals surface area contributed by atoms with Gasteiger partial charge in [-0.15, -0.1) is 0 Å². The Hall–Kier alpha value is -0.900. The van der Waals surface area contributed by atoms with Crippen LogP contribution < -0.4 is 0 Å². The molecule has 0 saturated heterocycles. The molecule has 0 bridgehead atoms. The van der Waals surface area contributed by atoms with Gasteiger partial charge < -0.3 is 14.3 Å². The van der Waals surface area contributed by atoms with Crippen LogP contribution >= 0.6 is 0 Å². The Kier molecular flexibility index (Phi) is 11.1. The van der Waals surface area contributed by atoms with Gasteiger partial charge in [0.2, 0.25) is 0 Å². The van der Waals surface area contributed by atoms with E-state index in [0.29, 0.717) is 6.61 Å². The molecule has 1 N–H and O–H groups in total. The standard InChI is InChI=1S/C23H42NO2/c1-6-12-21(19-26-23-15-10-9-14-22(23)25)17-16-20(2)13-8-7-11-18-24(3,4)5/h8,12-13,22-23,25H,2,6-7,9-11,14-19H2,1,3-5H3/q+1. The molecule has 0 aliphatic heterocycles. The number of unbranched alkanes of at least 4 members (excludes halogenated alkanes) is 1. The number of quaternary nitrogens is 1. The molecular weight excluding hydrogens is 322 g/mol. The van der Waals surface area contributed by atoms with Gasteiger partial charge in [0.05, 0.1) is 46.5 Å². The largest absolute Gasteiger partial charge is 0.390 e. The Labute approximate surface area is 162 Å². The molecule has 1 fully saturated rings. The second-order valence-corrected chi connectivity index (χ2v) is 8.69. The molecule has 2 unspecified atom stereocenters. The van der Waals surface area contributed by atoms with Crippen molar-refractivity contribution in [1.29, 1.82) is 0 Å². The highest BCUT2D eigenvalue weighted by Gasteiger charge is 2.23. The van der Waals surface area contributed by atoms with Crippen molar-refractivity contribution in [3.63, 3.8) is 0 Å². The third-order valence-electron chi connectivity index (χ3n) is 4.96. The molecule has 1 rings (SSSR count). The summed E-state index contributed by atoms with van der Waals surface area (Å²) in [5.74, 6) is 0. The van der Waals surface area contributed by atoms with Crippen LogP contribution in [0.5, 0.6) is 0 Å². The lowest BCUT2D eigenvalue weighted by atomic mass is 9.95. The van der Waals surface area contributed by atoms with Crippen LogP contribution in [0.3, 0.4) is 0 Å². The van der Waals surface area contributed by atoms with Gasteiger partial charge in [-0.2, -0.15) is 0 Å². The first kappa shape index (κ1) is 23.1. The second-order valence-electron chi connectivity index (χ2n) is 8.69. The maximum absolute atomic E-state index is 10.1. The quantitative estimate of drug-likeness (QED) is 0.228. The van der Waals surface area contributed by atoms with Crippen molar-refractivity contribution in [2.75, 3.05) is 34.3 Å². The fraction of sp³-hybridized carbons (Fsp3) is 0.739. The number of allylic oxidation sites excluding steroid dienone is 4. The van der Waals surface area contributed by atoms with E-state index < -0.39 is 0 Å². The van der Waals surface area contributed by atoms with E-state index >= 15 is 0 Å². The van der Waals surface area contributed by atoms with Crippen molar-refractivity contribution < 1.29 is 14.3 Å². The second kappa shape index (κ2) is 12.5. The first-order valence-corrected chi connectivity index (χ1v) is 10.4. The SMILES string of the molecule is C=C(C=CCCC[N+](C)(C)C)CCC(=CCC)COC1CCCCC1O. The maximum atomic E-state index is 10.1. The predicted molar refractivity (Wildman–Crippen MR) is 112 cm³/mol. The van der Waals surface area contributed by atoms with E-state index in [1.807, 2.05) is 0 Å². The molecule has 0 heterocycles. The normalized spacial score (nSPS) is 22.1. The van der Waals surface area contributed by atoms with Gasteiger partial charge >= 0.3 is 0 Å². The van der Waals surface area contributed by atoms with E-state index in [0.717, 1.165) is 49.4 Å². The van der Waals surface area contributed by atoms with E-state index in [2.05, 4.69) is 52.9 Å². The average Bonchev–Trinajstić information content (AvgIpc) is 2.57. The molecule has 3 nitrogen and oxygen atoms in total. The van der Waals surface area contributed by atoms with Gasteiger partial charge in [-0.05, 0) is 50.5 Å². The summed E-state index contributed by atoms with van der Waals surface area (Å²) in [6, 6.07) is 0. The molecule has 0 aromatic rings. The molecule has 1 saturated carbocycles. The summed E-state index contributed by atoms with van der Waals surface area (Å²) in [5.41, 5.74) is 2.53. The number of hydrogen-bond acceptors (Lipinski definition) is 2. The first-order chi connectivity index (χ1) is 12.3. The van der Waals surface area contributed by atoms with Gasteiger partial charge in [0.25, 0.3) is 0 Å². The zero-order chi connectivity index (χ0) is 19.4. The Bertz CT molecular complexity index is 459. The lowest BCUT2D eigenvalue weighted by molar-refractivity contribution is -0.870. The van der Waals surface area contributed by atoms with Crippen LogP contribution in [0.15, 0.2) is 36.0 Å². The highest BCUT2D eigenvalue weighted by molar-refractivity contribution is 5.17. The molecule has 0 radical (unpaired) electrons. The average molecular weight is 365 g/mol. The van der Waals surface area contributed by atoms with E-state index in [1.165, 1.54) is 30.5 Å². The van der Waals surface area contributed by atoms with Crippen LogP contribution in [0.25, 0.3) is 0 Å². The topological polar surface area (TPSA) is 29.5 Å². The molecule has 150 valence electrons. The Balaban J connectivity index is 2.29. The molecule has 0 amide bonds. The predicted octanol–water partition coefficient (Wildman–Crippen LogP) is 5.02. The van der Waals surface area contributed by atoms with Crippen LogP contribution in [-0.4, -0.2) is 56.1 Å². The molecule has 0 spiro atoms. The van der Waals surface area contributed by atoms with Gasteiger partial charge in [-0.3, -0.25) is 0 Å². The fourth-order valence-corrected chi connectivity index (χ4v) is 3.35. The lowest BCUT2D eigenvalue weighted by Gasteiger charge is -2.28. The summed E-state index contributed by atoms with van der Waals surface area (Å²) in [5, 5.41) is 10.1. The van der Waals surface area contributed by atoms with Crippen molar-refractivity contribution in [3.8, 4) is 0 Å². The number of aliphatic hydroxyl groups excluding tert-OH is 1. The molecule has 2 atom stereocenters. The van der Waals surface area contributed by atoms with Crippen LogP contribution in [-0.2, 0) is 4.74 Å². The molecule has 0 aromatic heterocycles. The summed E-state index contributed by atoms with van der Waals surface area (Å²) in [7, 11) is 6.70. The zero-order valence-electron chi connectivity index (χ0n) is 17.7. The third-order valence-corrected chi connectivity index (χ3v) is 4.96. The van der Waals surface area contributed by atoms with Crippen LogP contribution in [0.2, 0.25) is 0 Å². The van der Waals surface area contributed by atoms with E-state index in [4.69, 9.17) is 4.74 Å². The fourth-order valence-electron chi connectivity index (χ4n) is 3.35. The van der Waals surface area contributed by atoms with Crippen LogP contribution in [0.4, 0.5) is 0 Å². The number of aliphatic hydroxyl groups is 1. The van der Waals surface area contributed by atoms with E-state index in [-0.39, 0.29) is 12.2 Å². The summed E-state index contributed by atoms with van der Waals surface area (Å²) in [6.45, 7) is 8.21. The van der Waals surface area contributed by atoms with E-state index in [1.54, 1.807) is 0 Å². The molecule has 3 heteroatoms. The van der Waals surface area contributed by atoms with Crippen molar-refractivity contribution in [2.45, 2.75) is 76.9 Å². The number of nitrogens with zero attached hydrogens (tertiary/aromatic N) is 1. The highest BCUT2D eigenvalue weighted by Crippen LogP contribution is 2.22. The van der Waals surface area contributed by atoms with Crippen molar-refractivity contribution in [3.05, 3.63) is 36.0 Å². The molecule has 1 aliphatic carbocycles. The van der Waals surface area contributed by atoms with Crippen molar-refractivity contribution >= 4 is 0 Å². The van der Waals surface area contributed by atoms with Crippen molar-refractivity contribution in [1.82, 2.24) is 0 Å². The summed E-state index contributed by atoms with van der Waals surface area (Å²) < 4.78 is 7.04. The van der Waals surface area contributed by atoms with Gasteiger partial charge in [0.15, 0.2) is 0 Å². The number of rotatable bonds is 12. The molecular formula is C23H42NO2+. The lowest BCUT2D eigenvalue weighted by Crippen LogP contribution is -2.35. The smallest absolute Gasteiger partial charge is 0.0838 e. The van der Waals surface area contributed by atoms with Crippen LogP contribution in [0.1, 0.15) is 64.7 Å². The van der Waals surface area contributed by atoms with E-state index in [9.17, 15) is 5.11 Å². The molecule has 26 heavy (non-hydrogen) atoms. The highest BCUT2D eigenvalue weighted by atomic mass is 16.5. The van der Waals surface area contributed by atoms with Gasteiger partial charge in [-0.1, -0.05) is 50.1 Å². The summed E-state index contributed by atoms with van der Waals surface area (Å²) >= 11 is 0. The van der Waals surface area contributed by atoms with Gasteiger partial charge in [-0.25, -0.2) is 0 Å². The summed E-state index contributed by atoms with van der Waals surface area (Å²) in [6.07, 6.45) is 16.0. The molecule has 1 aliphatic rings. The third kappa shape index (κ3) is 10.9. The Morgan fingerprint density at radius 3 is 2.58 bits per heavy atom. The first-order valence-electron chi connectivity index (χ1n) is 10.4. The van der Waals surface area contributed by atoms with Crippen LogP contribution in [0, 0.1) is 0 Å². The monoisotopic (exact) mass is 364 g/mol. The number of hydrogen-bond donors (Lipinski definition) is 1. The number of ether oxygens (including phenoxy) is 1. The van der Waals surface area contributed by atoms with Gasteiger partial charge in [0, 0.05) is 0 Å². The summed E-state index contributed by atoms with van der Waals surface area (Å²) in [4.78, 5) is 0. The maximum Gasteiger partial charge on any atom is 0.0838 e. The van der Waals surface area contributed by atoms with Gasteiger partial charge in [0.1, 0.15) is 0 Å². The van der Waals surface area contributed by atoms with Crippen molar-refractivity contribution in [2.24, 2.45) is 0 Å². The minimum absolute atomic E-state index is 0.0216. The Morgan fingerprint density at radius 1 is 1.19 bits per heavy atom. The minimum atomic E-state index is -0.281. The minimum Gasteiger partial charge on any atom is -0.390 e. The molecule has 0 aromatic carbocycles. The zero-order valence-corrected chi connectivity index (χ0v) is 17.7.